The van der Waals surface area contributed by atoms with Crippen molar-refractivity contribution in [1.82, 2.24) is 25.4 Å². The molecule has 0 spiro atoms. The fraction of sp³-hybridized carbons (Fsp3) is 0.812. The molecule has 0 radical (unpaired) electrons. The van der Waals surface area contributed by atoms with E-state index < -0.39 is 0 Å². The summed E-state index contributed by atoms with van der Waals surface area (Å²) in [6.07, 6.45) is 9.73. The van der Waals surface area contributed by atoms with Crippen LogP contribution in [-0.2, 0) is 18.3 Å². The number of hydrogen-bond donors (Lipinski definition) is 2. The number of nitrogens with zero attached hydrogens (tertiary/aromatic N) is 4. The zero-order valence-electron chi connectivity index (χ0n) is 14.4. The molecule has 2 N–H and O–H groups in total. The van der Waals surface area contributed by atoms with Crippen molar-refractivity contribution in [2.75, 3.05) is 19.7 Å². The SMILES string of the molecule is CCNC(=NCc1ncnn1C)NCCOC1CCCCCC1. The van der Waals surface area contributed by atoms with Crippen molar-refractivity contribution < 1.29 is 4.74 Å². The second-order valence-electron chi connectivity index (χ2n) is 5.91. The summed E-state index contributed by atoms with van der Waals surface area (Å²) < 4.78 is 7.73. The molecule has 0 amide bonds. The van der Waals surface area contributed by atoms with Gasteiger partial charge in [0.1, 0.15) is 18.7 Å². The molecule has 0 aromatic carbocycles. The van der Waals surface area contributed by atoms with Gasteiger partial charge in [0.15, 0.2) is 5.96 Å². The van der Waals surface area contributed by atoms with Gasteiger partial charge in [-0.05, 0) is 19.8 Å². The summed E-state index contributed by atoms with van der Waals surface area (Å²) in [5.74, 6) is 1.64. The molecule has 1 aliphatic carbocycles. The molecule has 0 bridgehead atoms. The van der Waals surface area contributed by atoms with Gasteiger partial charge in [-0.25, -0.2) is 9.98 Å². The average molecular weight is 322 g/mol. The Morgan fingerprint density at radius 3 is 2.74 bits per heavy atom. The number of aryl methyl sites for hydroxylation is 1. The summed E-state index contributed by atoms with van der Waals surface area (Å²) in [5, 5.41) is 10.6. The van der Waals surface area contributed by atoms with E-state index in [1.54, 1.807) is 11.0 Å². The minimum atomic E-state index is 0.442. The van der Waals surface area contributed by atoms with E-state index in [1.807, 2.05) is 7.05 Å². The topological polar surface area (TPSA) is 76.4 Å². The van der Waals surface area contributed by atoms with Crippen molar-refractivity contribution in [3.8, 4) is 0 Å². The smallest absolute Gasteiger partial charge is 0.191 e. The van der Waals surface area contributed by atoms with Crippen molar-refractivity contribution >= 4 is 5.96 Å². The van der Waals surface area contributed by atoms with Crippen LogP contribution in [0, 0.1) is 0 Å². The van der Waals surface area contributed by atoms with Gasteiger partial charge in [-0.3, -0.25) is 4.68 Å². The summed E-state index contributed by atoms with van der Waals surface area (Å²) >= 11 is 0. The van der Waals surface area contributed by atoms with E-state index in [0.717, 1.165) is 31.5 Å². The molecule has 1 saturated carbocycles. The summed E-state index contributed by atoms with van der Waals surface area (Å²) in [6.45, 7) is 4.88. The summed E-state index contributed by atoms with van der Waals surface area (Å²) in [6, 6.07) is 0. The molecule has 0 unspecified atom stereocenters. The quantitative estimate of drug-likeness (QED) is 0.345. The molecule has 7 heteroatoms. The first-order valence-corrected chi connectivity index (χ1v) is 8.76. The predicted molar refractivity (Wildman–Crippen MR) is 91.3 cm³/mol. The minimum Gasteiger partial charge on any atom is -0.376 e. The summed E-state index contributed by atoms with van der Waals surface area (Å²) in [5.41, 5.74) is 0. The number of ether oxygens (including phenoxy) is 1. The standard InChI is InChI=1S/C16H30N6O/c1-3-17-16(19-12-15-20-13-21-22(15)2)18-10-11-23-14-8-6-4-5-7-9-14/h13-14H,3-12H2,1-2H3,(H2,17,18,19). The maximum absolute atomic E-state index is 5.99. The van der Waals surface area contributed by atoms with Gasteiger partial charge >= 0.3 is 0 Å². The number of rotatable bonds is 7. The first-order valence-electron chi connectivity index (χ1n) is 8.76. The Kier molecular flexibility index (Phi) is 7.86. The van der Waals surface area contributed by atoms with Gasteiger partial charge in [-0.15, -0.1) is 0 Å². The highest BCUT2D eigenvalue weighted by molar-refractivity contribution is 5.79. The van der Waals surface area contributed by atoms with E-state index >= 15 is 0 Å². The maximum Gasteiger partial charge on any atom is 0.191 e. The molecule has 0 atom stereocenters. The highest BCUT2D eigenvalue weighted by Crippen LogP contribution is 2.19. The van der Waals surface area contributed by atoms with Crippen LogP contribution in [0.2, 0.25) is 0 Å². The van der Waals surface area contributed by atoms with Crippen molar-refractivity contribution in [1.29, 1.82) is 0 Å². The van der Waals surface area contributed by atoms with Gasteiger partial charge in [0.05, 0.1) is 12.7 Å². The molecule has 1 aromatic heterocycles. The molecule has 0 aliphatic heterocycles. The molecular weight excluding hydrogens is 292 g/mol. The van der Waals surface area contributed by atoms with E-state index in [4.69, 9.17) is 4.74 Å². The number of guanidine groups is 1. The second kappa shape index (κ2) is 10.2. The Balaban J connectivity index is 1.70. The molecule has 7 nitrogen and oxygen atoms in total. The van der Waals surface area contributed by atoms with E-state index in [-0.39, 0.29) is 0 Å². The van der Waals surface area contributed by atoms with Crippen LogP contribution in [0.15, 0.2) is 11.3 Å². The minimum absolute atomic E-state index is 0.442. The summed E-state index contributed by atoms with van der Waals surface area (Å²) in [4.78, 5) is 8.71. The molecular formula is C16H30N6O. The van der Waals surface area contributed by atoms with Crippen LogP contribution in [0.4, 0.5) is 0 Å². The molecule has 130 valence electrons. The Bertz CT molecular complexity index is 465. The molecule has 1 heterocycles. The highest BCUT2D eigenvalue weighted by atomic mass is 16.5. The number of nitrogens with one attached hydrogen (secondary N) is 2. The Morgan fingerprint density at radius 1 is 1.30 bits per heavy atom. The Morgan fingerprint density at radius 2 is 2.09 bits per heavy atom. The number of aromatic nitrogens is 3. The lowest BCUT2D eigenvalue weighted by Gasteiger charge is -2.16. The Labute approximate surface area is 138 Å². The van der Waals surface area contributed by atoms with E-state index in [0.29, 0.717) is 12.6 Å². The largest absolute Gasteiger partial charge is 0.376 e. The zero-order chi connectivity index (χ0) is 16.3. The van der Waals surface area contributed by atoms with Crippen molar-refractivity contribution in [3.63, 3.8) is 0 Å². The van der Waals surface area contributed by atoms with Crippen molar-refractivity contribution in [2.45, 2.75) is 58.1 Å². The molecule has 2 rings (SSSR count). The third-order valence-electron chi connectivity index (χ3n) is 4.08. The normalized spacial score (nSPS) is 17.0. The summed E-state index contributed by atoms with van der Waals surface area (Å²) in [7, 11) is 1.87. The third-order valence-corrected chi connectivity index (χ3v) is 4.08. The maximum atomic E-state index is 5.99. The van der Waals surface area contributed by atoms with Gasteiger partial charge in [0.2, 0.25) is 0 Å². The molecule has 1 aliphatic rings. The second-order valence-corrected chi connectivity index (χ2v) is 5.91. The van der Waals surface area contributed by atoms with Gasteiger partial charge in [0.25, 0.3) is 0 Å². The third kappa shape index (κ3) is 6.56. The van der Waals surface area contributed by atoms with E-state index in [9.17, 15) is 0 Å². The predicted octanol–water partition coefficient (Wildman–Crippen LogP) is 1.61. The number of hydrogen-bond acceptors (Lipinski definition) is 4. The molecule has 23 heavy (non-hydrogen) atoms. The lowest BCUT2D eigenvalue weighted by Crippen LogP contribution is -2.39. The van der Waals surface area contributed by atoms with Crippen LogP contribution in [0.3, 0.4) is 0 Å². The first kappa shape index (κ1) is 17.7. The molecule has 1 fully saturated rings. The van der Waals surface area contributed by atoms with Gasteiger partial charge < -0.3 is 15.4 Å². The van der Waals surface area contributed by atoms with Gasteiger partial charge in [-0.1, -0.05) is 25.7 Å². The van der Waals surface area contributed by atoms with Crippen LogP contribution in [0.25, 0.3) is 0 Å². The van der Waals surface area contributed by atoms with E-state index in [1.165, 1.54) is 38.5 Å². The van der Waals surface area contributed by atoms with Gasteiger partial charge in [-0.2, -0.15) is 5.10 Å². The van der Waals surface area contributed by atoms with Crippen LogP contribution in [0.5, 0.6) is 0 Å². The zero-order valence-corrected chi connectivity index (χ0v) is 14.4. The fourth-order valence-corrected chi connectivity index (χ4v) is 2.76. The number of aliphatic imine (C=N–C) groups is 1. The fourth-order valence-electron chi connectivity index (χ4n) is 2.76. The molecule has 1 aromatic rings. The molecule has 0 saturated heterocycles. The highest BCUT2D eigenvalue weighted by Gasteiger charge is 2.12. The first-order chi connectivity index (χ1) is 11.3. The Hall–Kier alpha value is -1.63. The van der Waals surface area contributed by atoms with E-state index in [2.05, 4.69) is 32.6 Å². The van der Waals surface area contributed by atoms with Crippen molar-refractivity contribution in [3.05, 3.63) is 12.2 Å². The van der Waals surface area contributed by atoms with Crippen LogP contribution in [-0.4, -0.2) is 46.5 Å². The van der Waals surface area contributed by atoms with Crippen molar-refractivity contribution in [2.24, 2.45) is 12.0 Å². The monoisotopic (exact) mass is 322 g/mol. The van der Waals surface area contributed by atoms with Crippen LogP contribution >= 0.6 is 0 Å². The lowest BCUT2D eigenvalue weighted by atomic mass is 10.1. The van der Waals surface area contributed by atoms with Crippen LogP contribution in [0.1, 0.15) is 51.3 Å². The average Bonchev–Trinajstić information content (AvgIpc) is 2.80. The lowest BCUT2D eigenvalue weighted by molar-refractivity contribution is 0.0468. The van der Waals surface area contributed by atoms with Crippen LogP contribution < -0.4 is 10.6 Å². The van der Waals surface area contributed by atoms with Gasteiger partial charge in [0, 0.05) is 20.1 Å².